The molecule has 0 radical (unpaired) electrons. The van der Waals surface area contributed by atoms with Crippen LogP contribution in [0.2, 0.25) is 0 Å². The van der Waals surface area contributed by atoms with E-state index in [2.05, 4.69) is 0 Å². The molecule has 1 aromatic carbocycles. The van der Waals surface area contributed by atoms with E-state index in [9.17, 15) is 4.39 Å². The number of nitrogens with zero attached hydrogens (tertiary/aromatic N) is 1. The number of nitriles is 1. The van der Waals surface area contributed by atoms with Crippen molar-refractivity contribution in [3.05, 3.63) is 29.8 Å². The third kappa shape index (κ3) is 2.23. The maximum atomic E-state index is 13.5. The molecule has 0 fully saturated rings. The minimum absolute atomic E-state index is 0.350. The first kappa shape index (κ1) is 10.5. The van der Waals surface area contributed by atoms with Crippen LogP contribution in [0, 0.1) is 11.3 Å². The van der Waals surface area contributed by atoms with Crippen LogP contribution in [0.1, 0.15) is 19.4 Å². The summed E-state index contributed by atoms with van der Waals surface area (Å²) < 4.78 is 18.7. The SMILES string of the molecule is CCOc1ccc([C@](C)(F)C#N)cc1. The molecular weight excluding hydrogens is 181 g/mol. The second kappa shape index (κ2) is 4.10. The Morgan fingerprint density at radius 3 is 2.43 bits per heavy atom. The van der Waals surface area contributed by atoms with Crippen molar-refractivity contribution < 1.29 is 9.13 Å². The average Bonchev–Trinajstić information content (AvgIpc) is 2.19. The van der Waals surface area contributed by atoms with Crippen molar-refractivity contribution in [1.82, 2.24) is 0 Å². The zero-order valence-electron chi connectivity index (χ0n) is 8.25. The lowest BCUT2D eigenvalue weighted by atomic mass is 10.00. The van der Waals surface area contributed by atoms with Gasteiger partial charge < -0.3 is 4.74 Å². The maximum absolute atomic E-state index is 13.5. The number of hydrogen-bond acceptors (Lipinski definition) is 2. The minimum Gasteiger partial charge on any atom is -0.494 e. The number of rotatable bonds is 3. The van der Waals surface area contributed by atoms with Gasteiger partial charge in [-0.15, -0.1) is 0 Å². The van der Waals surface area contributed by atoms with Crippen molar-refractivity contribution in [3.8, 4) is 11.8 Å². The molecule has 74 valence electrons. The van der Waals surface area contributed by atoms with Crippen molar-refractivity contribution in [3.63, 3.8) is 0 Å². The second-order valence-electron chi connectivity index (χ2n) is 3.07. The van der Waals surface area contributed by atoms with E-state index < -0.39 is 5.67 Å². The van der Waals surface area contributed by atoms with Crippen molar-refractivity contribution >= 4 is 0 Å². The number of ether oxygens (including phenoxy) is 1. The zero-order chi connectivity index (χ0) is 10.6. The Bertz CT molecular complexity index is 337. The van der Waals surface area contributed by atoms with Crippen LogP contribution in [0.3, 0.4) is 0 Å². The summed E-state index contributed by atoms with van der Waals surface area (Å²) in [6.07, 6.45) is 0. The van der Waals surface area contributed by atoms with Crippen molar-refractivity contribution in [1.29, 1.82) is 5.26 Å². The fourth-order valence-corrected chi connectivity index (χ4v) is 1.10. The molecule has 0 saturated carbocycles. The van der Waals surface area contributed by atoms with Gasteiger partial charge in [0, 0.05) is 5.56 Å². The van der Waals surface area contributed by atoms with Gasteiger partial charge in [0.25, 0.3) is 0 Å². The topological polar surface area (TPSA) is 33.0 Å². The number of benzene rings is 1. The van der Waals surface area contributed by atoms with E-state index in [1.54, 1.807) is 30.3 Å². The molecule has 3 heteroatoms. The van der Waals surface area contributed by atoms with E-state index in [0.29, 0.717) is 17.9 Å². The monoisotopic (exact) mass is 193 g/mol. The minimum atomic E-state index is -1.93. The molecule has 0 aliphatic heterocycles. The Balaban J connectivity index is 2.90. The van der Waals surface area contributed by atoms with Gasteiger partial charge in [-0.3, -0.25) is 0 Å². The lowest BCUT2D eigenvalue weighted by Gasteiger charge is -2.11. The zero-order valence-corrected chi connectivity index (χ0v) is 8.25. The molecule has 1 atom stereocenters. The van der Waals surface area contributed by atoms with Crippen LogP contribution in [0.4, 0.5) is 4.39 Å². The second-order valence-corrected chi connectivity index (χ2v) is 3.07. The first-order valence-corrected chi connectivity index (χ1v) is 4.43. The Kier molecular flexibility index (Phi) is 3.08. The third-order valence-corrected chi connectivity index (χ3v) is 1.92. The lowest BCUT2D eigenvalue weighted by Crippen LogP contribution is -2.11. The van der Waals surface area contributed by atoms with Gasteiger partial charge >= 0.3 is 0 Å². The van der Waals surface area contributed by atoms with Crippen molar-refractivity contribution in [2.45, 2.75) is 19.5 Å². The molecule has 14 heavy (non-hydrogen) atoms. The lowest BCUT2D eigenvalue weighted by molar-refractivity contribution is 0.273. The molecule has 0 saturated heterocycles. The van der Waals surface area contributed by atoms with Crippen LogP contribution in [-0.4, -0.2) is 6.61 Å². The smallest absolute Gasteiger partial charge is 0.218 e. The van der Waals surface area contributed by atoms with Gasteiger partial charge in [0.1, 0.15) is 11.8 Å². The maximum Gasteiger partial charge on any atom is 0.218 e. The quantitative estimate of drug-likeness (QED) is 0.739. The molecule has 0 aliphatic carbocycles. The van der Waals surface area contributed by atoms with Crippen LogP contribution in [-0.2, 0) is 5.67 Å². The molecule has 0 amide bonds. The Morgan fingerprint density at radius 1 is 1.43 bits per heavy atom. The first-order chi connectivity index (χ1) is 6.60. The predicted molar refractivity (Wildman–Crippen MR) is 51.7 cm³/mol. The van der Waals surface area contributed by atoms with Gasteiger partial charge in [0.2, 0.25) is 5.67 Å². The third-order valence-electron chi connectivity index (χ3n) is 1.92. The molecule has 0 unspecified atom stereocenters. The summed E-state index contributed by atoms with van der Waals surface area (Å²) in [5, 5.41) is 8.56. The largest absolute Gasteiger partial charge is 0.494 e. The number of halogens is 1. The van der Waals surface area contributed by atoms with Crippen LogP contribution in [0.15, 0.2) is 24.3 Å². The summed E-state index contributed by atoms with van der Waals surface area (Å²) in [4.78, 5) is 0. The molecule has 1 aromatic rings. The normalized spacial score (nSPS) is 14.1. The standard InChI is InChI=1S/C11H12FNO/c1-3-14-10-6-4-9(5-7-10)11(2,12)8-13/h4-7H,3H2,1-2H3/t11-/m1/s1. The molecule has 0 heterocycles. The summed E-state index contributed by atoms with van der Waals surface area (Å²) in [5.74, 6) is 0.685. The molecule has 0 N–H and O–H groups in total. The summed E-state index contributed by atoms with van der Waals surface area (Å²) in [6, 6.07) is 8.05. The average molecular weight is 193 g/mol. The van der Waals surface area contributed by atoms with Gasteiger partial charge in [0.15, 0.2) is 0 Å². The summed E-state index contributed by atoms with van der Waals surface area (Å²) >= 11 is 0. The molecule has 2 nitrogen and oxygen atoms in total. The van der Waals surface area contributed by atoms with Crippen LogP contribution >= 0.6 is 0 Å². The molecule has 0 bridgehead atoms. The van der Waals surface area contributed by atoms with Crippen LogP contribution < -0.4 is 4.74 Å². The highest BCUT2D eigenvalue weighted by Crippen LogP contribution is 2.26. The molecule has 0 spiro atoms. The van der Waals surface area contributed by atoms with E-state index in [0.717, 1.165) is 0 Å². The van der Waals surface area contributed by atoms with Crippen LogP contribution in [0.5, 0.6) is 5.75 Å². The molecular formula is C11H12FNO. The number of hydrogen-bond donors (Lipinski definition) is 0. The van der Waals surface area contributed by atoms with Gasteiger partial charge in [-0.2, -0.15) is 5.26 Å². The molecule has 1 rings (SSSR count). The molecule has 0 aromatic heterocycles. The van der Waals surface area contributed by atoms with E-state index >= 15 is 0 Å². The summed E-state index contributed by atoms with van der Waals surface area (Å²) in [7, 11) is 0. The van der Waals surface area contributed by atoms with Gasteiger partial charge in [0.05, 0.1) is 6.61 Å². The van der Waals surface area contributed by atoms with Crippen molar-refractivity contribution in [2.75, 3.05) is 6.61 Å². The van der Waals surface area contributed by atoms with E-state index in [1.165, 1.54) is 6.92 Å². The fraction of sp³-hybridized carbons (Fsp3) is 0.364. The number of alkyl halides is 1. The van der Waals surface area contributed by atoms with Gasteiger partial charge in [-0.25, -0.2) is 4.39 Å². The fourth-order valence-electron chi connectivity index (χ4n) is 1.10. The van der Waals surface area contributed by atoms with Crippen molar-refractivity contribution in [2.24, 2.45) is 0 Å². The first-order valence-electron chi connectivity index (χ1n) is 4.43. The molecule has 0 aliphatic rings. The Hall–Kier alpha value is -1.56. The predicted octanol–water partition coefficient (Wildman–Crippen LogP) is 2.79. The Morgan fingerprint density at radius 2 is 2.00 bits per heavy atom. The van der Waals surface area contributed by atoms with Gasteiger partial charge in [-0.1, -0.05) is 12.1 Å². The van der Waals surface area contributed by atoms with Gasteiger partial charge in [-0.05, 0) is 26.0 Å². The highest BCUT2D eigenvalue weighted by Gasteiger charge is 2.24. The highest BCUT2D eigenvalue weighted by molar-refractivity contribution is 5.33. The van der Waals surface area contributed by atoms with E-state index in [1.807, 2.05) is 6.92 Å². The van der Waals surface area contributed by atoms with Crippen LogP contribution in [0.25, 0.3) is 0 Å². The Labute approximate surface area is 82.9 Å². The van der Waals surface area contributed by atoms with E-state index in [-0.39, 0.29) is 0 Å². The van der Waals surface area contributed by atoms with E-state index in [4.69, 9.17) is 10.00 Å². The highest BCUT2D eigenvalue weighted by atomic mass is 19.1. The summed E-state index contributed by atoms with van der Waals surface area (Å²) in [6.45, 7) is 3.69. The summed E-state index contributed by atoms with van der Waals surface area (Å²) in [5.41, 5.74) is -1.58.